The van der Waals surface area contributed by atoms with E-state index in [2.05, 4.69) is 58.1 Å². The van der Waals surface area contributed by atoms with Gasteiger partial charge in [0, 0.05) is 32.0 Å². The van der Waals surface area contributed by atoms with Crippen molar-refractivity contribution in [2.75, 3.05) is 17.7 Å². The molecule has 3 aromatic rings. The maximum Gasteiger partial charge on any atom is 0.0955 e. The highest BCUT2D eigenvalue weighted by Gasteiger charge is 2.01. The first-order valence-corrected chi connectivity index (χ1v) is 6.68. The van der Waals surface area contributed by atoms with E-state index < -0.39 is 0 Å². The van der Waals surface area contributed by atoms with Gasteiger partial charge in [-0.25, -0.2) is 4.98 Å². The van der Waals surface area contributed by atoms with Crippen molar-refractivity contribution < 1.29 is 0 Å². The van der Waals surface area contributed by atoms with Crippen molar-refractivity contribution >= 4 is 22.4 Å². The maximum absolute atomic E-state index is 4.37. The fourth-order valence-corrected chi connectivity index (χ4v) is 2.24. The number of benzene rings is 2. The molecule has 0 radical (unpaired) electrons. The molecular formula is C16H18N4. The molecule has 102 valence electrons. The monoisotopic (exact) mass is 266 g/mol. The molecule has 0 saturated heterocycles. The van der Waals surface area contributed by atoms with Crippen LogP contribution in [0.2, 0.25) is 0 Å². The van der Waals surface area contributed by atoms with Gasteiger partial charge in [0.05, 0.1) is 17.4 Å². The molecule has 0 saturated carbocycles. The lowest BCUT2D eigenvalue weighted by Crippen LogP contribution is -1.99. The van der Waals surface area contributed by atoms with E-state index in [1.807, 2.05) is 25.0 Å². The molecule has 2 N–H and O–H groups in total. The van der Waals surface area contributed by atoms with Crippen LogP contribution in [0.1, 0.15) is 5.56 Å². The van der Waals surface area contributed by atoms with Gasteiger partial charge in [0.15, 0.2) is 0 Å². The van der Waals surface area contributed by atoms with E-state index in [1.54, 1.807) is 0 Å². The van der Waals surface area contributed by atoms with Gasteiger partial charge in [-0.15, -0.1) is 0 Å². The van der Waals surface area contributed by atoms with Crippen molar-refractivity contribution in [3.8, 4) is 0 Å². The average Bonchev–Trinajstić information content (AvgIpc) is 2.87. The van der Waals surface area contributed by atoms with Gasteiger partial charge in [-0.3, -0.25) is 0 Å². The summed E-state index contributed by atoms with van der Waals surface area (Å²) in [7, 11) is 3.93. The summed E-state index contributed by atoms with van der Waals surface area (Å²) < 4.78 is 2.02. The highest BCUT2D eigenvalue weighted by molar-refractivity contribution is 5.79. The topological polar surface area (TPSA) is 41.9 Å². The molecule has 0 fully saturated rings. The molecule has 0 bridgehead atoms. The summed E-state index contributed by atoms with van der Waals surface area (Å²) in [5.41, 5.74) is 5.64. The van der Waals surface area contributed by atoms with E-state index in [0.717, 1.165) is 29.0 Å². The minimum atomic E-state index is 0.808. The predicted octanol–water partition coefficient (Wildman–Crippen LogP) is 3.23. The van der Waals surface area contributed by atoms with Crippen LogP contribution in [0.4, 0.5) is 11.4 Å². The lowest BCUT2D eigenvalue weighted by Gasteiger charge is -2.08. The van der Waals surface area contributed by atoms with Gasteiger partial charge >= 0.3 is 0 Å². The number of rotatable bonds is 4. The van der Waals surface area contributed by atoms with Gasteiger partial charge in [-0.05, 0) is 35.9 Å². The molecule has 1 aromatic heterocycles. The standard InChI is InChI=1S/C16H18N4/c1-17-13-5-3-12(4-6-13)10-18-14-7-8-16-15(9-14)19-11-20(16)2/h3-9,11,17-18H,10H2,1-2H3. The van der Waals surface area contributed by atoms with Gasteiger partial charge in [-0.2, -0.15) is 0 Å². The summed E-state index contributed by atoms with van der Waals surface area (Å²) in [4.78, 5) is 4.37. The van der Waals surface area contributed by atoms with E-state index in [-0.39, 0.29) is 0 Å². The molecule has 0 aliphatic heterocycles. The minimum Gasteiger partial charge on any atom is -0.388 e. The van der Waals surface area contributed by atoms with E-state index in [1.165, 1.54) is 5.56 Å². The average molecular weight is 266 g/mol. The zero-order valence-corrected chi connectivity index (χ0v) is 11.7. The van der Waals surface area contributed by atoms with Gasteiger partial charge in [-0.1, -0.05) is 12.1 Å². The van der Waals surface area contributed by atoms with Crippen LogP contribution in [0.3, 0.4) is 0 Å². The molecule has 4 nitrogen and oxygen atoms in total. The Bertz CT molecular complexity index is 713. The lowest BCUT2D eigenvalue weighted by atomic mass is 10.2. The van der Waals surface area contributed by atoms with Gasteiger partial charge < -0.3 is 15.2 Å². The first kappa shape index (κ1) is 12.5. The molecule has 0 atom stereocenters. The van der Waals surface area contributed by atoms with Crippen LogP contribution >= 0.6 is 0 Å². The van der Waals surface area contributed by atoms with Crippen LogP contribution in [0.5, 0.6) is 0 Å². The second-order valence-electron chi connectivity index (χ2n) is 4.86. The Balaban J connectivity index is 1.72. The normalized spacial score (nSPS) is 10.7. The molecule has 20 heavy (non-hydrogen) atoms. The Labute approximate surface area is 118 Å². The Morgan fingerprint density at radius 2 is 1.80 bits per heavy atom. The van der Waals surface area contributed by atoms with E-state index in [4.69, 9.17) is 0 Å². The summed E-state index contributed by atoms with van der Waals surface area (Å²) in [5, 5.41) is 6.55. The number of aromatic nitrogens is 2. The molecule has 0 amide bonds. The number of fused-ring (bicyclic) bond motifs is 1. The molecule has 0 spiro atoms. The van der Waals surface area contributed by atoms with Gasteiger partial charge in [0.1, 0.15) is 0 Å². The summed E-state index contributed by atoms with van der Waals surface area (Å²) in [6, 6.07) is 14.7. The maximum atomic E-state index is 4.37. The van der Waals surface area contributed by atoms with Crippen LogP contribution in [0.15, 0.2) is 48.8 Å². The van der Waals surface area contributed by atoms with E-state index in [0.29, 0.717) is 0 Å². The molecular weight excluding hydrogens is 248 g/mol. The number of hydrogen-bond acceptors (Lipinski definition) is 3. The smallest absolute Gasteiger partial charge is 0.0955 e. The fourth-order valence-electron chi connectivity index (χ4n) is 2.24. The fraction of sp³-hybridized carbons (Fsp3) is 0.188. The Kier molecular flexibility index (Phi) is 3.29. The Hall–Kier alpha value is -2.49. The van der Waals surface area contributed by atoms with Gasteiger partial charge in [0.25, 0.3) is 0 Å². The van der Waals surface area contributed by atoms with Crippen LogP contribution in [0, 0.1) is 0 Å². The summed E-state index contributed by atoms with van der Waals surface area (Å²) in [5.74, 6) is 0. The summed E-state index contributed by atoms with van der Waals surface area (Å²) in [6.45, 7) is 0.808. The number of nitrogens with one attached hydrogen (secondary N) is 2. The lowest BCUT2D eigenvalue weighted by molar-refractivity contribution is 0.947. The molecule has 0 aliphatic rings. The highest BCUT2D eigenvalue weighted by Crippen LogP contribution is 2.18. The Morgan fingerprint density at radius 3 is 2.55 bits per heavy atom. The SMILES string of the molecule is CNc1ccc(CNc2ccc3c(c2)ncn3C)cc1. The third-order valence-electron chi connectivity index (χ3n) is 3.46. The number of nitrogens with zero attached hydrogens (tertiary/aromatic N) is 2. The van der Waals surface area contributed by atoms with Crippen LogP contribution in [0.25, 0.3) is 11.0 Å². The minimum absolute atomic E-state index is 0.808. The van der Waals surface area contributed by atoms with E-state index in [9.17, 15) is 0 Å². The number of anilines is 2. The first-order chi connectivity index (χ1) is 9.76. The molecule has 0 unspecified atom stereocenters. The zero-order chi connectivity index (χ0) is 13.9. The molecule has 3 rings (SSSR count). The number of imidazole rings is 1. The molecule has 4 heteroatoms. The second kappa shape index (κ2) is 5.25. The van der Waals surface area contributed by atoms with Crippen molar-refractivity contribution in [2.45, 2.75) is 6.54 Å². The second-order valence-corrected chi connectivity index (χ2v) is 4.86. The molecule has 0 aliphatic carbocycles. The highest BCUT2D eigenvalue weighted by atomic mass is 15.0. The van der Waals surface area contributed by atoms with Crippen molar-refractivity contribution in [2.24, 2.45) is 7.05 Å². The van der Waals surface area contributed by atoms with Crippen LogP contribution in [-0.2, 0) is 13.6 Å². The van der Waals surface area contributed by atoms with Crippen molar-refractivity contribution in [3.05, 3.63) is 54.4 Å². The van der Waals surface area contributed by atoms with Crippen molar-refractivity contribution in [3.63, 3.8) is 0 Å². The third-order valence-corrected chi connectivity index (χ3v) is 3.46. The zero-order valence-electron chi connectivity index (χ0n) is 11.7. The number of hydrogen-bond donors (Lipinski definition) is 2. The largest absolute Gasteiger partial charge is 0.388 e. The van der Waals surface area contributed by atoms with Crippen molar-refractivity contribution in [1.82, 2.24) is 9.55 Å². The van der Waals surface area contributed by atoms with Crippen LogP contribution < -0.4 is 10.6 Å². The third kappa shape index (κ3) is 2.45. The quantitative estimate of drug-likeness (QED) is 0.762. The van der Waals surface area contributed by atoms with Gasteiger partial charge in [0.2, 0.25) is 0 Å². The summed E-state index contributed by atoms with van der Waals surface area (Å²) >= 11 is 0. The van der Waals surface area contributed by atoms with Crippen LogP contribution in [-0.4, -0.2) is 16.6 Å². The number of aryl methyl sites for hydroxylation is 1. The van der Waals surface area contributed by atoms with Crippen molar-refractivity contribution in [1.29, 1.82) is 0 Å². The molecule has 2 aromatic carbocycles. The first-order valence-electron chi connectivity index (χ1n) is 6.68. The summed E-state index contributed by atoms with van der Waals surface area (Å²) in [6.07, 6.45) is 1.84. The van der Waals surface area contributed by atoms with E-state index >= 15 is 0 Å². The Morgan fingerprint density at radius 1 is 1.05 bits per heavy atom. The predicted molar refractivity (Wildman–Crippen MR) is 84.0 cm³/mol. The molecule has 1 heterocycles.